The van der Waals surface area contributed by atoms with Crippen molar-refractivity contribution >= 4 is 40.4 Å². The Morgan fingerprint density at radius 3 is 2.84 bits per heavy atom. The number of carbonyl (C=O) groups is 1. The fraction of sp³-hybridized carbons (Fsp3) is 0.190. The lowest BCUT2D eigenvalue weighted by molar-refractivity contribution is -0.384. The van der Waals surface area contributed by atoms with Crippen molar-refractivity contribution in [2.75, 3.05) is 6.61 Å². The number of hydrogen-bond acceptors (Lipinski definition) is 8. The second-order valence-electron chi connectivity index (χ2n) is 6.67. The molecule has 0 spiro atoms. The van der Waals surface area contributed by atoms with Gasteiger partial charge in [-0.25, -0.2) is 9.79 Å². The summed E-state index contributed by atoms with van der Waals surface area (Å²) in [7, 11) is 0. The first kappa shape index (κ1) is 20.9. The van der Waals surface area contributed by atoms with Crippen LogP contribution in [0.4, 0.5) is 5.69 Å². The highest BCUT2D eigenvalue weighted by Crippen LogP contribution is 2.33. The highest BCUT2D eigenvalue weighted by molar-refractivity contribution is 7.10. The van der Waals surface area contributed by atoms with Crippen molar-refractivity contribution in [2.45, 2.75) is 19.9 Å². The summed E-state index contributed by atoms with van der Waals surface area (Å²) in [6.45, 7) is 3.66. The van der Waals surface area contributed by atoms with Gasteiger partial charge >= 0.3 is 5.97 Å². The van der Waals surface area contributed by atoms with E-state index >= 15 is 0 Å². The number of allylic oxidation sites excluding steroid dienone is 1. The number of non-ortho nitro benzene ring substituents is 1. The topological polar surface area (TPSA) is 104 Å². The van der Waals surface area contributed by atoms with Crippen LogP contribution in [0.15, 0.2) is 62.8 Å². The molecule has 4 rings (SSSR count). The van der Waals surface area contributed by atoms with Gasteiger partial charge in [0.15, 0.2) is 4.80 Å². The first-order chi connectivity index (χ1) is 14.9. The quantitative estimate of drug-likeness (QED) is 0.334. The van der Waals surface area contributed by atoms with Crippen molar-refractivity contribution in [3.63, 3.8) is 0 Å². The second kappa shape index (κ2) is 8.40. The van der Waals surface area contributed by atoms with Crippen LogP contribution >= 0.6 is 22.7 Å². The summed E-state index contributed by atoms with van der Waals surface area (Å²) in [5.74, 6) is -0.505. The van der Waals surface area contributed by atoms with E-state index in [9.17, 15) is 19.7 Å². The standard InChI is InChI=1S/C21H17N3O5S2/c1-3-29-20(26)17-12(2)22-21-23(18(17)15-8-5-9-30-15)19(25)16(31-21)11-13-6-4-7-14(10-13)24(27)28/h4-11,18H,3H2,1-2H3/b16-11+. The van der Waals surface area contributed by atoms with Gasteiger partial charge in [-0.2, -0.15) is 0 Å². The normalized spacial score (nSPS) is 16.1. The number of thiophene rings is 1. The van der Waals surface area contributed by atoms with Gasteiger partial charge in [0.2, 0.25) is 0 Å². The molecule has 0 amide bonds. The third kappa shape index (κ3) is 3.87. The maximum atomic E-state index is 13.4. The molecule has 1 aliphatic heterocycles. The molecule has 0 radical (unpaired) electrons. The van der Waals surface area contributed by atoms with Gasteiger partial charge in [0.25, 0.3) is 11.2 Å². The third-order valence-corrected chi connectivity index (χ3v) is 6.62. The molecule has 3 aromatic rings. The molecule has 0 saturated carbocycles. The minimum Gasteiger partial charge on any atom is -0.463 e. The summed E-state index contributed by atoms with van der Waals surface area (Å²) in [4.78, 5) is 42.4. The molecule has 1 unspecified atom stereocenters. The van der Waals surface area contributed by atoms with E-state index in [-0.39, 0.29) is 17.9 Å². The fourth-order valence-corrected chi connectivity index (χ4v) is 5.26. The van der Waals surface area contributed by atoms with Crippen molar-refractivity contribution in [3.05, 3.63) is 93.3 Å². The SMILES string of the molecule is CCOC(=O)C1=C(C)N=c2s/c(=C/c3cccc([N+](=O)[O-])c3)c(=O)n2C1c1cccs1. The van der Waals surface area contributed by atoms with Gasteiger partial charge in [-0.15, -0.1) is 11.3 Å². The smallest absolute Gasteiger partial charge is 0.338 e. The predicted molar refractivity (Wildman–Crippen MR) is 118 cm³/mol. The zero-order chi connectivity index (χ0) is 22.1. The van der Waals surface area contributed by atoms with Gasteiger partial charge in [-0.3, -0.25) is 19.5 Å². The third-order valence-electron chi connectivity index (χ3n) is 4.71. The van der Waals surface area contributed by atoms with E-state index in [1.165, 1.54) is 39.4 Å². The van der Waals surface area contributed by atoms with Crippen molar-refractivity contribution < 1.29 is 14.5 Å². The minimum atomic E-state index is -0.637. The average molecular weight is 456 g/mol. The number of rotatable bonds is 5. The van der Waals surface area contributed by atoms with Gasteiger partial charge in [0.05, 0.1) is 27.3 Å². The van der Waals surface area contributed by atoms with Crippen LogP contribution in [0.5, 0.6) is 0 Å². The molecule has 10 heteroatoms. The number of benzene rings is 1. The lowest BCUT2D eigenvalue weighted by atomic mass is 10.0. The Balaban J connectivity index is 1.92. The lowest BCUT2D eigenvalue weighted by Crippen LogP contribution is -2.39. The molecule has 1 aliphatic rings. The van der Waals surface area contributed by atoms with E-state index in [1.54, 1.807) is 32.1 Å². The van der Waals surface area contributed by atoms with Crippen LogP contribution in [0, 0.1) is 10.1 Å². The summed E-state index contributed by atoms with van der Waals surface area (Å²) in [6, 6.07) is 9.15. The average Bonchev–Trinajstić information content (AvgIpc) is 3.36. The Morgan fingerprint density at radius 2 is 2.16 bits per heavy atom. The van der Waals surface area contributed by atoms with Crippen LogP contribution in [0.2, 0.25) is 0 Å². The van der Waals surface area contributed by atoms with Crippen molar-refractivity contribution in [3.8, 4) is 0 Å². The van der Waals surface area contributed by atoms with Crippen LogP contribution in [-0.4, -0.2) is 22.1 Å². The Morgan fingerprint density at radius 1 is 1.35 bits per heavy atom. The van der Waals surface area contributed by atoms with Crippen LogP contribution < -0.4 is 14.9 Å². The number of fused-ring (bicyclic) bond motifs is 1. The molecule has 8 nitrogen and oxygen atoms in total. The van der Waals surface area contributed by atoms with Crippen LogP contribution in [0.25, 0.3) is 6.08 Å². The number of nitro groups is 1. The zero-order valence-electron chi connectivity index (χ0n) is 16.6. The summed E-state index contributed by atoms with van der Waals surface area (Å²) >= 11 is 2.62. The number of thiazole rings is 1. The molecule has 0 bridgehead atoms. The maximum Gasteiger partial charge on any atom is 0.338 e. The maximum absolute atomic E-state index is 13.4. The molecular weight excluding hydrogens is 438 g/mol. The molecule has 0 fully saturated rings. The van der Waals surface area contributed by atoms with Crippen LogP contribution in [0.3, 0.4) is 0 Å². The van der Waals surface area contributed by atoms with E-state index in [0.717, 1.165) is 4.88 Å². The highest BCUT2D eigenvalue weighted by Gasteiger charge is 2.33. The Hall–Kier alpha value is -3.37. The molecule has 0 N–H and O–H groups in total. The molecule has 158 valence electrons. The van der Waals surface area contributed by atoms with Crippen LogP contribution in [-0.2, 0) is 9.53 Å². The zero-order valence-corrected chi connectivity index (χ0v) is 18.2. The van der Waals surface area contributed by atoms with Gasteiger partial charge in [0.1, 0.15) is 6.04 Å². The molecule has 31 heavy (non-hydrogen) atoms. The molecule has 3 heterocycles. The largest absolute Gasteiger partial charge is 0.463 e. The summed E-state index contributed by atoms with van der Waals surface area (Å²) in [6.07, 6.45) is 1.60. The molecule has 1 aromatic carbocycles. The van der Waals surface area contributed by atoms with E-state index < -0.39 is 16.9 Å². The molecule has 0 aliphatic carbocycles. The fourth-order valence-electron chi connectivity index (χ4n) is 3.39. The van der Waals surface area contributed by atoms with Gasteiger partial charge in [0, 0.05) is 17.0 Å². The van der Waals surface area contributed by atoms with Crippen molar-refractivity contribution in [1.82, 2.24) is 4.57 Å². The molecular formula is C21H17N3O5S2. The first-order valence-electron chi connectivity index (χ1n) is 9.38. The van der Waals surface area contributed by atoms with E-state index in [2.05, 4.69) is 4.99 Å². The summed E-state index contributed by atoms with van der Waals surface area (Å²) < 4.78 is 7.11. The predicted octanol–water partition coefficient (Wildman–Crippen LogP) is 2.77. The number of carbonyl (C=O) groups excluding carboxylic acids is 1. The number of aromatic nitrogens is 1. The number of nitro benzene ring substituents is 1. The summed E-state index contributed by atoms with van der Waals surface area (Å²) in [5.41, 5.74) is 0.994. The van der Waals surface area contributed by atoms with Crippen molar-refractivity contribution in [2.24, 2.45) is 4.99 Å². The number of esters is 1. The van der Waals surface area contributed by atoms with E-state index in [0.29, 0.717) is 26.2 Å². The number of hydrogen-bond donors (Lipinski definition) is 0. The minimum absolute atomic E-state index is 0.0570. The van der Waals surface area contributed by atoms with Gasteiger partial charge < -0.3 is 4.74 Å². The Kier molecular flexibility index (Phi) is 5.66. The number of nitrogens with zero attached hydrogens (tertiary/aromatic N) is 3. The second-order valence-corrected chi connectivity index (χ2v) is 8.66. The van der Waals surface area contributed by atoms with Gasteiger partial charge in [-0.1, -0.05) is 29.5 Å². The van der Waals surface area contributed by atoms with Crippen LogP contribution in [0.1, 0.15) is 30.3 Å². The molecule has 1 atom stereocenters. The highest BCUT2D eigenvalue weighted by atomic mass is 32.1. The number of ether oxygens (including phenoxy) is 1. The molecule has 2 aromatic heterocycles. The van der Waals surface area contributed by atoms with E-state index in [4.69, 9.17) is 4.74 Å². The first-order valence-corrected chi connectivity index (χ1v) is 11.1. The van der Waals surface area contributed by atoms with Crippen molar-refractivity contribution in [1.29, 1.82) is 0 Å². The molecule has 0 saturated heterocycles. The lowest BCUT2D eigenvalue weighted by Gasteiger charge is -2.23. The Labute approximate surface area is 184 Å². The monoisotopic (exact) mass is 455 g/mol. The van der Waals surface area contributed by atoms with E-state index in [1.807, 2.05) is 17.5 Å². The Bertz CT molecular complexity index is 1380. The van der Waals surface area contributed by atoms with Gasteiger partial charge in [-0.05, 0) is 36.9 Å². The summed E-state index contributed by atoms with van der Waals surface area (Å²) in [5, 5.41) is 12.9.